The van der Waals surface area contributed by atoms with Crippen molar-refractivity contribution in [3.8, 4) is 0 Å². The number of nitro benzene ring substituents is 1. The summed E-state index contributed by atoms with van der Waals surface area (Å²) in [5.74, 6) is -1.50. The first-order valence-corrected chi connectivity index (χ1v) is 9.19. The zero-order chi connectivity index (χ0) is 20.4. The SMILES string of the molecule is CC(=O)NC1C(=O)N2C(C(=O)OCc3ccc([N+](=O)[O-])cc3)=C(C=O)CS[C@@H]12. The zero-order valence-corrected chi connectivity index (χ0v) is 15.4. The largest absolute Gasteiger partial charge is 0.456 e. The number of nitrogens with one attached hydrogen (secondary N) is 1. The number of thioether (sulfide) groups is 1. The minimum Gasteiger partial charge on any atom is -0.456 e. The molecule has 2 heterocycles. The Balaban J connectivity index is 1.72. The summed E-state index contributed by atoms with van der Waals surface area (Å²) in [4.78, 5) is 58.8. The average Bonchev–Trinajstić information content (AvgIpc) is 2.69. The summed E-state index contributed by atoms with van der Waals surface area (Å²) >= 11 is 1.27. The van der Waals surface area contributed by atoms with Gasteiger partial charge in [0.15, 0.2) is 0 Å². The van der Waals surface area contributed by atoms with Gasteiger partial charge in [-0.2, -0.15) is 0 Å². The van der Waals surface area contributed by atoms with Crippen LogP contribution in [0, 0.1) is 10.1 Å². The standard InChI is InChI=1S/C17H15N3O7S/c1-9(22)18-13-15(23)19-14(11(6-21)8-28-16(13)19)17(24)27-7-10-2-4-12(5-3-10)20(25)26/h2-6,13,16H,7-8H2,1H3,(H,18,22)/t13?,16-/m0/s1. The molecular weight excluding hydrogens is 390 g/mol. The lowest BCUT2D eigenvalue weighted by Gasteiger charge is -2.49. The van der Waals surface area contributed by atoms with E-state index >= 15 is 0 Å². The van der Waals surface area contributed by atoms with Crippen molar-refractivity contribution in [3.05, 3.63) is 51.2 Å². The molecule has 146 valence electrons. The van der Waals surface area contributed by atoms with E-state index in [-0.39, 0.29) is 35.2 Å². The van der Waals surface area contributed by atoms with Gasteiger partial charge in [-0.1, -0.05) is 0 Å². The maximum Gasteiger partial charge on any atom is 0.355 e. The van der Waals surface area contributed by atoms with Crippen LogP contribution in [0.25, 0.3) is 0 Å². The quantitative estimate of drug-likeness (QED) is 0.238. The topological polar surface area (TPSA) is 136 Å². The molecule has 28 heavy (non-hydrogen) atoms. The Morgan fingerprint density at radius 1 is 1.39 bits per heavy atom. The van der Waals surface area contributed by atoms with Gasteiger partial charge in [-0.25, -0.2) is 4.79 Å². The monoisotopic (exact) mass is 405 g/mol. The Labute approximate surface area is 163 Å². The van der Waals surface area contributed by atoms with Crippen molar-refractivity contribution < 1.29 is 28.8 Å². The predicted octanol–water partition coefficient (Wildman–Crippen LogP) is 0.511. The molecule has 0 radical (unpaired) electrons. The molecule has 2 aliphatic rings. The summed E-state index contributed by atoms with van der Waals surface area (Å²) in [6.07, 6.45) is 0.505. The van der Waals surface area contributed by atoms with Crippen LogP contribution in [-0.2, 0) is 30.5 Å². The van der Waals surface area contributed by atoms with Gasteiger partial charge < -0.3 is 10.1 Å². The Morgan fingerprint density at radius 2 is 2.07 bits per heavy atom. The molecule has 0 saturated carbocycles. The second kappa shape index (κ2) is 7.80. The van der Waals surface area contributed by atoms with Crippen LogP contribution in [0.3, 0.4) is 0 Å². The number of benzene rings is 1. The molecule has 2 aliphatic heterocycles. The third kappa shape index (κ3) is 3.60. The number of carbonyl (C=O) groups is 4. The Bertz CT molecular complexity index is 897. The van der Waals surface area contributed by atoms with Crippen LogP contribution in [0.15, 0.2) is 35.5 Å². The number of carbonyl (C=O) groups excluding carboxylic acids is 4. The van der Waals surface area contributed by atoms with Crippen molar-refractivity contribution in [1.29, 1.82) is 0 Å². The molecule has 1 N–H and O–H groups in total. The number of non-ortho nitro benzene ring substituents is 1. The van der Waals surface area contributed by atoms with E-state index in [9.17, 15) is 29.3 Å². The summed E-state index contributed by atoms with van der Waals surface area (Å²) in [5.41, 5.74) is 0.417. The van der Waals surface area contributed by atoms with Crippen LogP contribution in [0.2, 0.25) is 0 Å². The molecule has 1 aromatic carbocycles. The first-order chi connectivity index (χ1) is 13.3. The summed E-state index contributed by atoms with van der Waals surface area (Å²) in [6, 6.07) is 4.70. The van der Waals surface area contributed by atoms with Crippen molar-refractivity contribution in [2.45, 2.75) is 24.9 Å². The number of hydrogen-bond donors (Lipinski definition) is 1. The zero-order valence-electron chi connectivity index (χ0n) is 14.6. The van der Waals surface area contributed by atoms with E-state index in [2.05, 4.69) is 5.32 Å². The van der Waals surface area contributed by atoms with Gasteiger partial charge in [0.2, 0.25) is 5.91 Å². The number of nitrogens with zero attached hydrogens (tertiary/aromatic N) is 2. The van der Waals surface area contributed by atoms with E-state index in [0.29, 0.717) is 11.8 Å². The van der Waals surface area contributed by atoms with Crippen molar-refractivity contribution >= 4 is 41.5 Å². The number of fused-ring (bicyclic) bond motifs is 1. The number of β-lactam (4-membered cyclic amide) rings is 1. The minimum absolute atomic E-state index is 0.0941. The number of nitro groups is 1. The molecule has 1 saturated heterocycles. The van der Waals surface area contributed by atoms with Gasteiger partial charge in [-0.15, -0.1) is 11.8 Å². The average molecular weight is 405 g/mol. The van der Waals surface area contributed by atoms with Crippen molar-refractivity contribution in [2.75, 3.05) is 5.75 Å². The van der Waals surface area contributed by atoms with Crippen LogP contribution >= 0.6 is 11.8 Å². The summed E-state index contributed by atoms with van der Waals surface area (Å²) in [6.45, 7) is 1.11. The molecule has 0 bridgehead atoms. The van der Waals surface area contributed by atoms with Crippen LogP contribution in [0.1, 0.15) is 12.5 Å². The first-order valence-electron chi connectivity index (χ1n) is 8.14. The van der Waals surface area contributed by atoms with Gasteiger partial charge in [0, 0.05) is 30.4 Å². The fourth-order valence-electron chi connectivity index (χ4n) is 2.87. The van der Waals surface area contributed by atoms with Crippen LogP contribution in [0.5, 0.6) is 0 Å². The highest BCUT2D eigenvalue weighted by Crippen LogP contribution is 2.40. The third-order valence-corrected chi connectivity index (χ3v) is 5.51. The maximum atomic E-state index is 12.5. The number of aldehydes is 1. The number of ether oxygens (including phenoxy) is 1. The molecule has 10 nitrogen and oxygen atoms in total. The van der Waals surface area contributed by atoms with Crippen molar-refractivity contribution in [1.82, 2.24) is 10.2 Å². The van der Waals surface area contributed by atoms with Crippen LogP contribution in [0.4, 0.5) is 5.69 Å². The molecule has 3 rings (SSSR count). The minimum atomic E-state index is -0.847. The van der Waals surface area contributed by atoms with Gasteiger partial charge in [0.25, 0.3) is 11.6 Å². The lowest BCUT2D eigenvalue weighted by Crippen LogP contribution is -2.70. The number of esters is 1. The fraction of sp³-hybridized carbons (Fsp3) is 0.294. The molecule has 1 aromatic rings. The molecule has 0 spiro atoms. The highest BCUT2D eigenvalue weighted by molar-refractivity contribution is 8.00. The molecule has 2 amide bonds. The highest BCUT2D eigenvalue weighted by Gasteiger charge is 2.54. The Morgan fingerprint density at radius 3 is 2.64 bits per heavy atom. The summed E-state index contributed by atoms with van der Waals surface area (Å²) in [7, 11) is 0. The Kier molecular flexibility index (Phi) is 5.45. The van der Waals surface area contributed by atoms with Gasteiger partial charge in [-0.3, -0.25) is 29.4 Å². The lowest BCUT2D eigenvalue weighted by molar-refractivity contribution is -0.384. The lowest BCUT2D eigenvalue weighted by atomic mass is 10.0. The maximum absolute atomic E-state index is 12.5. The fourth-order valence-corrected chi connectivity index (χ4v) is 4.16. The molecule has 0 aromatic heterocycles. The van der Waals surface area contributed by atoms with E-state index in [0.717, 1.165) is 4.90 Å². The van der Waals surface area contributed by atoms with Gasteiger partial charge in [0.1, 0.15) is 30.0 Å². The normalized spacial score (nSPS) is 20.8. The van der Waals surface area contributed by atoms with E-state index < -0.39 is 28.2 Å². The molecule has 1 fully saturated rings. The summed E-state index contributed by atoms with van der Waals surface area (Å²) < 4.78 is 5.20. The van der Waals surface area contributed by atoms with Crippen LogP contribution in [-0.4, -0.2) is 51.1 Å². The Hall–Kier alpha value is -3.21. The van der Waals surface area contributed by atoms with E-state index in [4.69, 9.17) is 4.74 Å². The van der Waals surface area contributed by atoms with Gasteiger partial charge in [-0.05, 0) is 17.7 Å². The van der Waals surface area contributed by atoms with Crippen LogP contribution < -0.4 is 5.32 Å². The van der Waals surface area contributed by atoms with Gasteiger partial charge >= 0.3 is 5.97 Å². The van der Waals surface area contributed by atoms with Gasteiger partial charge in [0.05, 0.1) is 4.92 Å². The van der Waals surface area contributed by atoms with Crippen molar-refractivity contribution in [2.24, 2.45) is 0 Å². The second-order valence-electron chi connectivity index (χ2n) is 6.08. The van der Waals surface area contributed by atoms with E-state index in [1.54, 1.807) is 0 Å². The van der Waals surface area contributed by atoms with E-state index in [1.165, 1.54) is 43.0 Å². The molecule has 1 unspecified atom stereocenters. The smallest absolute Gasteiger partial charge is 0.355 e. The number of hydrogen-bond acceptors (Lipinski definition) is 8. The highest BCUT2D eigenvalue weighted by atomic mass is 32.2. The molecular formula is C17H15N3O7S. The second-order valence-corrected chi connectivity index (χ2v) is 7.18. The van der Waals surface area contributed by atoms with Crippen molar-refractivity contribution in [3.63, 3.8) is 0 Å². The predicted molar refractivity (Wildman–Crippen MR) is 96.7 cm³/mol. The third-order valence-electron chi connectivity index (χ3n) is 4.21. The molecule has 0 aliphatic carbocycles. The molecule has 2 atom stereocenters. The molecule has 11 heteroatoms. The number of rotatable bonds is 6. The van der Waals surface area contributed by atoms with E-state index in [1.807, 2.05) is 0 Å². The first kappa shape index (κ1) is 19.5. The summed E-state index contributed by atoms with van der Waals surface area (Å²) in [5, 5.41) is 12.7. The number of amides is 2.